The number of anilines is 2. The molecule has 2 N–H and O–H groups in total. The van der Waals surface area contributed by atoms with E-state index in [2.05, 4.69) is 6.92 Å². The molecule has 1 heterocycles. The van der Waals surface area contributed by atoms with Crippen molar-refractivity contribution in [2.24, 2.45) is 0 Å². The molecule has 0 aliphatic carbocycles. The largest absolute Gasteiger partial charge is 0.449 e. The average Bonchev–Trinajstić information content (AvgIpc) is 2.55. The molecular weight excluding hydrogens is 300 g/mol. The van der Waals surface area contributed by atoms with Crippen molar-refractivity contribution < 1.29 is 9.53 Å². The van der Waals surface area contributed by atoms with E-state index in [-0.39, 0.29) is 5.91 Å². The van der Waals surface area contributed by atoms with Crippen LogP contribution in [0.4, 0.5) is 11.4 Å². The molecule has 2 aromatic carbocycles. The van der Waals surface area contributed by atoms with Crippen molar-refractivity contribution in [2.45, 2.75) is 26.7 Å². The Morgan fingerprint density at radius 3 is 2.79 bits per heavy atom. The molecule has 1 aliphatic heterocycles. The highest BCUT2D eigenvalue weighted by atomic mass is 16.5. The number of unbranched alkanes of at least 4 members (excludes halogenated alkanes) is 1. The van der Waals surface area contributed by atoms with Gasteiger partial charge in [-0.15, -0.1) is 0 Å². The zero-order valence-corrected chi connectivity index (χ0v) is 14.1. The van der Waals surface area contributed by atoms with Gasteiger partial charge in [-0.05, 0) is 37.1 Å². The highest BCUT2D eigenvalue weighted by Gasteiger charge is 2.30. The van der Waals surface area contributed by atoms with Gasteiger partial charge in [0.25, 0.3) is 5.91 Å². The lowest BCUT2D eigenvalue weighted by Gasteiger charge is -2.30. The Bertz CT molecular complexity index is 796. The smallest absolute Gasteiger partial charge is 0.294 e. The van der Waals surface area contributed by atoms with Gasteiger partial charge >= 0.3 is 0 Å². The first kappa shape index (κ1) is 16.1. The summed E-state index contributed by atoms with van der Waals surface area (Å²) in [6.07, 6.45) is 3.75. The fourth-order valence-electron chi connectivity index (χ4n) is 2.78. The van der Waals surface area contributed by atoms with Crippen LogP contribution >= 0.6 is 0 Å². The third-order valence-electron chi connectivity index (χ3n) is 4.03. The van der Waals surface area contributed by atoms with Gasteiger partial charge in [0, 0.05) is 18.3 Å². The van der Waals surface area contributed by atoms with Gasteiger partial charge in [0.1, 0.15) is 0 Å². The molecule has 2 aromatic rings. The third-order valence-corrected chi connectivity index (χ3v) is 4.03. The van der Waals surface area contributed by atoms with Gasteiger partial charge < -0.3 is 15.4 Å². The van der Waals surface area contributed by atoms with Crippen molar-refractivity contribution in [3.8, 4) is 5.75 Å². The summed E-state index contributed by atoms with van der Waals surface area (Å²) in [5.41, 5.74) is 9.36. The lowest BCUT2D eigenvalue weighted by atomic mass is 10.1. The van der Waals surface area contributed by atoms with E-state index in [1.165, 1.54) is 0 Å². The second-order valence-electron chi connectivity index (χ2n) is 6.06. The van der Waals surface area contributed by atoms with E-state index in [0.29, 0.717) is 23.7 Å². The van der Waals surface area contributed by atoms with Crippen LogP contribution in [0.3, 0.4) is 0 Å². The minimum absolute atomic E-state index is 0.109. The van der Waals surface area contributed by atoms with Crippen molar-refractivity contribution in [1.29, 1.82) is 0 Å². The molecule has 4 heteroatoms. The highest BCUT2D eigenvalue weighted by Crippen LogP contribution is 2.37. The summed E-state index contributed by atoms with van der Waals surface area (Å²) in [6, 6.07) is 13.4. The molecule has 0 saturated carbocycles. The highest BCUT2D eigenvalue weighted by molar-refractivity contribution is 6.10. The minimum atomic E-state index is -0.109. The third kappa shape index (κ3) is 3.27. The van der Waals surface area contributed by atoms with E-state index in [1.54, 1.807) is 23.1 Å². The Labute approximate surface area is 142 Å². The van der Waals surface area contributed by atoms with Gasteiger partial charge in [0.05, 0.1) is 5.69 Å². The predicted molar refractivity (Wildman–Crippen MR) is 97.9 cm³/mol. The summed E-state index contributed by atoms with van der Waals surface area (Å²) >= 11 is 0. The van der Waals surface area contributed by atoms with Gasteiger partial charge in [0.2, 0.25) is 0 Å². The molecule has 0 atom stereocenters. The van der Waals surface area contributed by atoms with Crippen LogP contribution in [0.25, 0.3) is 6.08 Å². The summed E-state index contributed by atoms with van der Waals surface area (Å²) < 4.78 is 5.87. The van der Waals surface area contributed by atoms with Crippen molar-refractivity contribution in [3.63, 3.8) is 0 Å². The van der Waals surface area contributed by atoms with Crippen molar-refractivity contribution in [3.05, 3.63) is 59.4 Å². The molecule has 124 valence electrons. The second kappa shape index (κ2) is 6.79. The molecule has 0 fully saturated rings. The maximum absolute atomic E-state index is 12.9. The quantitative estimate of drug-likeness (QED) is 0.680. The number of carbonyl (C=O) groups is 1. The molecule has 0 radical (unpaired) electrons. The number of nitrogens with zero attached hydrogens (tertiary/aromatic N) is 1. The second-order valence-corrected chi connectivity index (χ2v) is 6.06. The first-order chi connectivity index (χ1) is 11.6. The normalized spacial score (nSPS) is 15.3. The number of hydrogen-bond acceptors (Lipinski definition) is 3. The minimum Gasteiger partial charge on any atom is -0.449 e. The van der Waals surface area contributed by atoms with E-state index in [4.69, 9.17) is 10.5 Å². The molecule has 0 bridgehead atoms. The zero-order chi connectivity index (χ0) is 17.1. The van der Waals surface area contributed by atoms with Crippen molar-refractivity contribution >= 4 is 23.4 Å². The molecule has 3 rings (SSSR count). The Balaban J connectivity index is 2.01. The van der Waals surface area contributed by atoms with Crippen LogP contribution in [0, 0.1) is 6.92 Å². The molecule has 0 aromatic heterocycles. The lowest BCUT2D eigenvalue weighted by molar-refractivity contribution is -0.117. The fraction of sp³-hybridized carbons (Fsp3) is 0.250. The number of aryl methyl sites for hydroxylation is 1. The summed E-state index contributed by atoms with van der Waals surface area (Å²) in [6.45, 7) is 4.80. The number of carbonyl (C=O) groups excluding carboxylic acids is 1. The number of fused-ring (bicyclic) bond motifs is 1. The summed E-state index contributed by atoms with van der Waals surface area (Å²) in [5, 5.41) is 0. The number of ether oxygens (including phenoxy) is 1. The van der Waals surface area contributed by atoms with Gasteiger partial charge in [-0.2, -0.15) is 0 Å². The number of nitrogen functional groups attached to an aromatic ring is 1. The summed E-state index contributed by atoms with van der Waals surface area (Å²) in [7, 11) is 0. The van der Waals surface area contributed by atoms with Gasteiger partial charge in [0.15, 0.2) is 11.5 Å². The first-order valence-electron chi connectivity index (χ1n) is 8.26. The maximum Gasteiger partial charge on any atom is 0.294 e. The molecular formula is C20H22N2O2. The predicted octanol–water partition coefficient (Wildman–Crippen LogP) is 4.14. The molecule has 0 saturated heterocycles. The Kier molecular flexibility index (Phi) is 4.56. The van der Waals surface area contributed by atoms with Gasteiger partial charge in [-0.25, -0.2) is 0 Å². The van der Waals surface area contributed by atoms with Gasteiger partial charge in [-0.1, -0.05) is 43.2 Å². The molecule has 0 unspecified atom stereocenters. The summed E-state index contributed by atoms with van der Waals surface area (Å²) in [4.78, 5) is 14.7. The van der Waals surface area contributed by atoms with E-state index >= 15 is 0 Å². The molecule has 1 aliphatic rings. The van der Waals surface area contributed by atoms with E-state index in [0.717, 1.165) is 29.7 Å². The van der Waals surface area contributed by atoms with Crippen LogP contribution < -0.4 is 15.4 Å². The van der Waals surface area contributed by atoms with E-state index in [1.807, 2.05) is 37.3 Å². The number of benzene rings is 2. The van der Waals surface area contributed by atoms with Crippen LogP contribution in [0.1, 0.15) is 30.9 Å². The van der Waals surface area contributed by atoms with Crippen LogP contribution in [0.2, 0.25) is 0 Å². The molecule has 24 heavy (non-hydrogen) atoms. The molecule has 0 spiro atoms. The Hall–Kier alpha value is -2.75. The maximum atomic E-state index is 12.9. The van der Waals surface area contributed by atoms with Gasteiger partial charge in [-0.3, -0.25) is 4.79 Å². The number of hydrogen-bond donors (Lipinski definition) is 1. The topological polar surface area (TPSA) is 55.6 Å². The van der Waals surface area contributed by atoms with Crippen LogP contribution in [-0.2, 0) is 4.79 Å². The zero-order valence-electron chi connectivity index (χ0n) is 14.1. The fourth-order valence-corrected chi connectivity index (χ4v) is 2.78. The number of rotatable bonds is 4. The van der Waals surface area contributed by atoms with E-state index < -0.39 is 0 Å². The number of amides is 1. The molecule has 4 nitrogen and oxygen atoms in total. The average molecular weight is 322 g/mol. The van der Waals surface area contributed by atoms with Crippen LogP contribution in [-0.4, -0.2) is 12.5 Å². The Morgan fingerprint density at radius 1 is 1.21 bits per heavy atom. The van der Waals surface area contributed by atoms with Crippen molar-refractivity contribution in [2.75, 3.05) is 17.2 Å². The first-order valence-corrected chi connectivity index (χ1v) is 8.26. The molecule has 1 amide bonds. The van der Waals surface area contributed by atoms with E-state index in [9.17, 15) is 4.79 Å². The SMILES string of the molecule is CCCCN1C(=O)/C(=C\c2cccc(C)c2)Oc2cc(N)ccc21. The van der Waals surface area contributed by atoms with Crippen molar-refractivity contribution in [1.82, 2.24) is 0 Å². The lowest BCUT2D eigenvalue weighted by Crippen LogP contribution is -2.38. The van der Waals surface area contributed by atoms with Crippen LogP contribution in [0.15, 0.2) is 48.2 Å². The Morgan fingerprint density at radius 2 is 2.04 bits per heavy atom. The standard InChI is InChI=1S/C20H22N2O2/c1-3-4-10-22-17-9-8-16(21)13-18(17)24-19(20(22)23)12-15-7-5-6-14(2)11-15/h5-9,11-13H,3-4,10,21H2,1-2H3/b19-12+. The van der Waals surface area contributed by atoms with Crippen LogP contribution in [0.5, 0.6) is 5.75 Å². The monoisotopic (exact) mass is 322 g/mol. The number of nitrogens with two attached hydrogens (primary N) is 1. The summed E-state index contributed by atoms with van der Waals surface area (Å²) in [5.74, 6) is 0.849.